The quantitative estimate of drug-likeness (QED) is 0.294. The molecule has 1 aromatic heterocycles. The molecule has 1 amide bonds. The molecule has 0 radical (unpaired) electrons. The van der Waals surface area contributed by atoms with Gasteiger partial charge in [-0.1, -0.05) is 78.9 Å². The minimum absolute atomic E-state index is 0.221. The maximum absolute atomic E-state index is 13.7. The van der Waals surface area contributed by atoms with Gasteiger partial charge < -0.3 is 9.88 Å². The lowest BCUT2D eigenvalue weighted by Gasteiger charge is -2.16. The van der Waals surface area contributed by atoms with Crippen LogP contribution in [0.1, 0.15) is 35.9 Å². The average molecular weight is 464 g/mol. The highest BCUT2D eigenvalue weighted by Gasteiger charge is 2.25. The number of rotatable bonds is 6. The van der Waals surface area contributed by atoms with Crippen LogP contribution < -0.4 is 5.32 Å². The molecule has 5 rings (SSSR count). The molecule has 0 bridgehead atoms. The van der Waals surface area contributed by atoms with Gasteiger partial charge in [0.25, 0.3) is 5.91 Å². The normalized spacial score (nSPS) is 12.0. The molecule has 4 aromatic carbocycles. The number of hydrogen-bond donors (Lipinski definition) is 1. The van der Waals surface area contributed by atoms with E-state index in [-0.39, 0.29) is 17.8 Å². The molecule has 5 heteroatoms. The molecule has 35 heavy (non-hydrogen) atoms. The van der Waals surface area contributed by atoms with Crippen LogP contribution in [-0.4, -0.2) is 15.5 Å². The van der Waals surface area contributed by atoms with Crippen LogP contribution in [0.4, 0.5) is 4.39 Å². The zero-order chi connectivity index (χ0) is 24.4. The molecular formula is C30H26FN3O. The van der Waals surface area contributed by atoms with Crippen LogP contribution in [0.3, 0.4) is 0 Å². The molecule has 4 nitrogen and oxygen atoms in total. The van der Waals surface area contributed by atoms with Crippen molar-refractivity contribution in [2.45, 2.75) is 26.4 Å². The molecule has 0 fully saturated rings. The zero-order valence-corrected chi connectivity index (χ0v) is 19.7. The first kappa shape index (κ1) is 22.5. The summed E-state index contributed by atoms with van der Waals surface area (Å²) < 4.78 is 15.4. The highest BCUT2D eigenvalue weighted by atomic mass is 19.1. The monoisotopic (exact) mass is 463 g/mol. The number of nitrogens with one attached hydrogen (secondary N) is 1. The number of halogens is 1. The SMILES string of the molecule is CCn1c(-c2ccccc2)nc(-c2ccc3ccccc3c2)c1C(=O)NC(C)c1ccc(F)cc1. The van der Waals surface area contributed by atoms with Crippen LogP contribution in [-0.2, 0) is 6.54 Å². The van der Waals surface area contributed by atoms with E-state index >= 15 is 0 Å². The summed E-state index contributed by atoms with van der Waals surface area (Å²) in [5.74, 6) is 0.222. The lowest BCUT2D eigenvalue weighted by Crippen LogP contribution is -2.29. The van der Waals surface area contributed by atoms with Crippen molar-refractivity contribution in [3.05, 3.63) is 114 Å². The predicted molar refractivity (Wildman–Crippen MR) is 139 cm³/mol. The number of carbonyl (C=O) groups is 1. The highest BCUT2D eigenvalue weighted by molar-refractivity contribution is 6.01. The van der Waals surface area contributed by atoms with Gasteiger partial charge in [-0.15, -0.1) is 0 Å². The van der Waals surface area contributed by atoms with Crippen molar-refractivity contribution in [1.82, 2.24) is 14.9 Å². The van der Waals surface area contributed by atoms with E-state index in [2.05, 4.69) is 29.6 Å². The average Bonchev–Trinajstić information content (AvgIpc) is 3.29. The summed E-state index contributed by atoms with van der Waals surface area (Å²) in [5.41, 5.74) is 3.81. The lowest BCUT2D eigenvalue weighted by atomic mass is 10.0. The zero-order valence-electron chi connectivity index (χ0n) is 19.7. The Kier molecular flexibility index (Phi) is 6.15. The van der Waals surface area contributed by atoms with Crippen molar-refractivity contribution >= 4 is 16.7 Å². The molecule has 0 aliphatic rings. The topological polar surface area (TPSA) is 46.9 Å². The van der Waals surface area contributed by atoms with Gasteiger partial charge in [-0.25, -0.2) is 9.37 Å². The number of nitrogens with zero attached hydrogens (tertiary/aromatic N) is 2. The van der Waals surface area contributed by atoms with E-state index in [0.717, 1.165) is 33.3 Å². The summed E-state index contributed by atoms with van der Waals surface area (Å²) in [6.07, 6.45) is 0. The molecule has 0 aliphatic carbocycles. The van der Waals surface area contributed by atoms with Gasteiger partial charge in [-0.3, -0.25) is 4.79 Å². The van der Waals surface area contributed by atoms with Gasteiger partial charge in [0.1, 0.15) is 23.0 Å². The molecule has 0 spiro atoms. The minimum atomic E-state index is -0.303. The van der Waals surface area contributed by atoms with Crippen molar-refractivity contribution in [2.75, 3.05) is 0 Å². The molecular weight excluding hydrogens is 437 g/mol. The van der Waals surface area contributed by atoms with Gasteiger partial charge >= 0.3 is 0 Å². The minimum Gasteiger partial charge on any atom is -0.344 e. The third kappa shape index (κ3) is 4.45. The Morgan fingerprint density at radius 3 is 2.29 bits per heavy atom. The van der Waals surface area contributed by atoms with Gasteiger partial charge in [-0.05, 0) is 48.4 Å². The maximum Gasteiger partial charge on any atom is 0.270 e. The van der Waals surface area contributed by atoms with Crippen LogP contribution in [0.15, 0.2) is 97.1 Å². The second-order valence-electron chi connectivity index (χ2n) is 8.55. The van der Waals surface area contributed by atoms with Crippen LogP contribution in [0.2, 0.25) is 0 Å². The first-order valence-corrected chi connectivity index (χ1v) is 11.8. The van der Waals surface area contributed by atoms with Gasteiger partial charge in [0.05, 0.1) is 6.04 Å². The Hall–Kier alpha value is -4.25. The number of amides is 1. The van der Waals surface area contributed by atoms with Crippen molar-refractivity contribution in [3.63, 3.8) is 0 Å². The molecule has 1 heterocycles. The fourth-order valence-corrected chi connectivity index (χ4v) is 4.44. The van der Waals surface area contributed by atoms with Crippen LogP contribution >= 0.6 is 0 Å². The molecule has 0 saturated heterocycles. The van der Waals surface area contributed by atoms with Crippen LogP contribution in [0, 0.1) is 5.82 Å². The lowest BCUT2D eigenvalue weighted by molar-refractivity contribution is 0.0931. The Morgan fingerprint density at radius 2 is 1.57 bits per heavy atom. The Labute approximate surface area is 204 Å². The van der Waals surface area contributed by atoms with Gasteiger partial charge in [0.15, 0.2) is 0 Å². The van der Waals surface area contributed by atoms with Gasteiger partial charge in [-0.2, -0.15) is 0 Å². The van der Waals surface area contributed by atoms with E-state index in [1.54, 1.807) is 12.1 Å². The summed E-state index contributed by atoms with van der Waals surface area (Å²) in [4.78, 5) is 18.7. The third-order valence-electron chi connectivity index (χ3n) is 6.27. The molecule has 0 aliphatic heterocycles. The summed E-state index contributed by atoms with van der Waals surface area (Å²) in [7, 11) is 0. The second kappa shape index (κ2) is 9.55. The maximum atomic E-state index is 13.7. The predicted octanol–water partition coefficient (Wildman–Crippen LogP) is 7.02. The first-order chi connectivity index (χ1) is 17.0. The highest BCUT2D eigenvalue weighted by Crippen LogP contribution is 2.32. The summed E-state index contributed by atoms with van der Waals surface area (Å²) >= 11 is 0. The number of carbonyl (C=O) groups excluding carboxylic acids is 1. The molecule has 0 saturated carbocycles. The molecule has 1 atom stereocenters. The van der Waals surface area contributed by atoms with Crippen LogP contribution in [0.5, 0.6) is 0 Å². The van der Waals surface area contributed by atoms with Crippen molar-refractivity contribution in [3.8, 4) is 22.6 Å². The number of imidazole rings is 1. The number of benzene rings is 4. The van der Waals surface area contributed by atoms with E-state index in [9.17, 15) is 9.18 Å². The van der Waals surface area contributed by atoms with Gasteiger partial charge in [0.2, 0.25) is 0 Å². The van der Waals surface area contributed by atoms with E-state index in [1.165, 1.54) is 12.1 Å². The first-order valence-electron chi connectivity index (χ1n) is 11.8. The summed E-state index contributed by atoms with van der Waals surface area (Å²) in [5, 5.41) is 5.31. The summed E-state index contributed by atoms with van der Waals surface area (Å²) in [6, 6.07) is 30.1. The Bertz CT molecular complexity index is 1490. The van der Waals surface area contributed by atoms with Crippen molar-refractivity contribution in [1.29, 1.82) is 0 Å². The fraction of sp³-hybridized carbons (Fsp3) is 0.133. The van der Waals surface area contributed by atoms with E-state index in [4.69, 9.17) is 4.98 Å². The fourth-order valence-electron chi connectivity index (χ4n) is 4.44. The standard InChI is InChI=1S/C30H26FN3O/c1-3-34-28(30(35)32-20(2)21-15-17-26(31)18-16-21)27(33-29(34)23-10-5-4-6-11-23)25-14-13-22-9-7-8-12-24(22)19-25/h4-20H,3H2,1-2H3,(H,32,35). The second-order valence-corrected chi connectivity index (χ2v) is 8.55. The number of fused-ring (bicyclic) bond motifs is 1. The smallest absolute Gasteiger partial charge is 0.270 e. The van der Waals surface area contributed by atoms with Crippen molar-refractivity contribution in [2.24, 2.45) is 0 Å². The van der Waals surface area contributed by atoms with Crippen LogP contribution in [0.25, 0.3) is 33.4 Å². The number of hydrogen-bond acceptors (Lipinski definition) is 2. The van der Waals surface area contributed by atoms with Gasteiger partial charge in [0, 0.05) is 17.7 Å². The van der Waals surface area contributed by atoms with E-state index in [1.807, 2.05) is 66.9 Å². The summed E-state index contributed by atoms with van der Waals surface area (Å²) in [6.45, 7) is 4.49. The molecule has 174 valence electrons. The Morgan fingerprint density at radius 1 is 0.886 bits per heavy atom. The molecule has 1 N–H and O–H groups in total. The Balaban J connectivity index is 1.63. The third-order valence-corrected chi connectivity index (χ3v) is 6.27. The number of aromatic nitrogens is 2. The van der Waals surface area contributed by atoms with E-state index in [0.29, 0.717) is 17.9 Å². The molecule has 1 unspecified atom stereocenters. The molecule has 5 aromatic rings. The largest absolute Gasteiger partial charge is 0.344 e. The van der Waals surface area contributed by atoms with E-state index < -0.39 is 0 Å². The van der Waals surface area contributed by atoms with Crippen molar-refractivity contribution < 1.29 is 9.18 Å².